The van der Waals surface area contributed by atoms with Gasteiger partial charge in [-0.05, 0) is 0 Å². The summed E-state index contributed by atoms with van der Waals surface area (Å²) in [5.74, 6) is 1.48. The Morgan fingerprint density at radius 2 is 1.70 bits per heavy atom. The number of ether oxygens (including phenoxy) is 2. The first-order valence-electron chi connectivity index (χ1n) is 12.7. The van der Waals surface area contributed by atoms with Gasteiger partial charge in [-0.3, -0.25) is 0 Å². The molecule has 2 bridgehead atoms. The summed E-state index contributed by atoms with van der Waals surface area (Å²) in [5, 5.41) is 0. The summed E-state index contributed by atoms with van der Waals surface area (Å²) in [6.07, 6.45) is 0.967. The Balaban J connectivity index is 2.05. The van der Waals surface area contributed by atoms with Crippen molar-refractivity contribution in [2.45, 2.75) is 89.2 Å². The van der Waals surface area contributed by atoms with E-state index in [9.17, 15) is 0 Å². The third-order valence-electron chi connectivity index (χ3n) is 8.42. The van der Waals surface area contributed by atoms with Gasteiger partial charge in [-0.15, -0.1) is 0 Å². The first-order valence-corrected chi connectivity index (χ1v) is 16.6. The molecule has 0 N–H and O–H groups in total. The van der Waals surface area contributed by atoms with E-state index in [0.29, 0.717) is 40.3 Å². The predicted molar refractivity (Wildman–Crippen MR) is 143 cm³/mol. The molecular formula is C28H46O3SeSi. The molecule has 3 fully saturated rings. The Bertz CT molecular complexity index is 774. The fraction of sp³-hybridized carbons (Fsp3) is 0.714. The predicted octanol–water partition coefficient (Wildman–Crippen LogP) is 6.37. The summed E-state index contributed by atoms with van der Waals surface area (Å²) in [5.41, 5.74) is 2.97. The maximum absolute atomic E-state index is 7.25. The van der Waals surface area contributed by atoms with Crippen LogP contribution in [0, 0.1) is 23.7 Å². The zero-order valence-electron chi connectivity index (χ0n) is 22.3. The van der Waals surface area contributed by atoms with E-state index in [1.54, 1.807) is 7.11 Å². The summed E-state index contributed by atoms with van der Waals surface area (Å²) in [4.78, 5) is 0. The van der Waals surface area contributed by atoms with Crippen molar-refractivity contribution in [1.29, 1.82) is 0 Å². The molecule has 1 aliphatic carbocycles. The van der Waals surface area contributed by atoms with Crippen LogP contribution < -0.4 is 4.46 Å². The molecule has 0 spiro atoms. The summed E-state index contributed by atoms with van der Waals surface area (Å²) >= 11 is 0.148. The van der Waals surface area contributed by atoms with E-state index in [2.05, 4.69) is 92.3 Å². The molecule has 6 atom stereocenters. The van der Waals surface area contributed by atoms with E-state index < -0.39 is 8.32 Å². The topological polar surface area (TPSA) is 27.7 Å². The van der Waals surface area contributed by atoms with Crippen LogP contribution in [-0.2, 0) is 13.9 Å². The average molecular weight is 538 g/mol. The number of allylic oxidation sites excluding steroid dienone is 1. The molecule has 1 unspecified atom stereocenters. The van der Waals surface area contributed by atoms with Gasteiger partial charge in [0, 0.05) is 0 Å². The van der Waals surface area contributed by atoms with Crippen LogP contribution in [-0.4, -0.2) is 47.8 Å². The van der Waals surface area contributed by atoms with Crippen molar-refractivity contribution in [3.8, 4) is 0 Å². The van der Waals surface area contributed by atoms with Crippen LogP contribution in [0.4, 0.5) is 0 Å². The quantitative estimate of drug-likeness (QED) is 0.256. The molecule has 1 aromatic rings. The first kappa shape index (κ1) is 27.2. The molecule has 1 aromatic carbocycles. The maximum atomic E-state index is 7.25. The summed E-state index contributed by atoms with van der Waals surface area (Å²) < 4.78 is 21.3. The number of benzene rings is 1. The second kappa shape index (κ2) is 10.7. The SMILES string of the molecule is C=C(C)[C@@H]1[C@H]2C[C@@H](C)[C@]([Se]c3ccccc3)(OC2OC)[C@H]1CO[Si](C(C)C)(C(C)C)C(C)C. The molecule has 0 aromatic heterocycles. The molecule has 4 rings (SSSR count). The zero-order chi connectivity index (χ0) is 24.6. The van der Waals surface area contributed by atoms with Gasteiger partial charge in [-0.2, -0.15) is 0 Å². The van der Waals surface area contributed by atoms with E-state index in [4.69, 9.17) is 13.9 Å². The Morgan fingerprint density at radius 3 is 2.18 bits per heavy atom. The molecule has 3 aliphatic rings. The third kappa shape index (κ3) is 4.84. The van der Waals surface area contributed by atoms with Crippen molar-refractivity contribution in [2.24, 2.45) is 23.7 Å². The standard InChI is InChI=1S/C28H46O3SeSi/c1-18(2)26-24-16-22(9)28(31-27(24)29-10,32-23-14-12-11-13-15-23)25(26)17-30-33(19(3)4,20(5)6)21(7)8/h11-15,19-22,24-27H,1,16-17H2,2-10H3/t22-,24-,25+,26-,27?,28-/m1/s1. The average Bonchev–Trinajstić information content (AvgIpc) is 2.74. The number of fused-ring (bicyclic) bond motifs is 3. The van der Waals surface area contributed by atoms with Crippen molar-refractivity contribution in [3.63, 3.8) is 0 Å². The Kier molecular flexibility index (Phi) is 8.79. The number of hydrogen-bond acceptors (Lipinski definition) is 3. The second-order valence-corrected chi connectivity index (χ2v) is 19.5. The number of methoxy groups -OCH3 is 1. The van der Waals surface area contributed by atoms with E-state index in [-0.39, 0.29) is 25.7 Å². The summed E-state index contributed by atoms with van der Waals surface area (Å²) in [6, 6.07) is 10.9. The van der Waals surface area contributed by atoms with Crippen molar-refractivity contribution in [1.82, 2.24) is 0 Å². The first-order chi connectivity index (χ1) is 15.5. The van der Waals surface area contributed by atoms with E-state index in [1.807, 2.05) is 0 Å². The molecule has 2 heterocycles. The van der Waals surface area contributed by atoms with Crippen LogP contribution in [0.3, 0.4) is 0 Å². The van der Waals surface area contributed by atoms with Gasteiger partial charge in [0.05, 0.1) is 0 Å². The van der Waals surface area contributed by atoms with Crippen molar-refractivity contribution in [3.05, 3.63) is 42.5 Å². The molecule has 3 nitrogen and oxygen atoms in total. The van der Waals surface area contributed by atoms with E-state index >= 15 is 0 Å². The van der Waals surface area contributed by atoms with Crippen molar-refractivity contribution in [2.75, 3.05) is 13.7 Å². The van der Waals surface area contributed by atoms with E-state index in [1.165, 1.54) is 10.0 Å². The minimum atomic E-state index is -1.99. The molecule has 0 amide bonds. The van der Waals surface area contributed by atoms with Crippen molar-refractivity contribution < 1.29 is 13.9 Å². The summed E-state index contributed by atoms with van der Waals surface area (Å²) in [7, 11) is -0.185. The fourth-order valence-electron chi connectivity index (χ4n) is 7.14. The Morgan fingerprint density at radius 1 is 1.12 bits per heavy atom. The summed E-state index contributed by atoms with van der Waals surface area (Å²) in [6.45, 7) is 24.1. The Hall–Kier alpha value is -0.424. The normalized spacial score (nSPS) is 32.2. The van der Waals surface area contributed by atoms with E-state index in [0.717, 1.165) is 13.0 Å². The van der Waals surface area contributed by atoms with Crippen LogP contribution in [0.5, 0.6) is 0 Å². The molecular weight excluding hydrogens is 491 g/mol. The van der Waals surface area contributed by atoms with Gasteiger partial charge < -0.3 is 0 Å². The molecule has 33 heavy (non-hydrogen) atoms. The van der Waals surface area contributed by atoms with Crippen LogP contribution in [0.1, 0.15) is 61.8 Å². The molecule has 5 heteroatoms. The molecule has 1 saturated carbocycles. The molecule has 186 valence electrons. The molecule has 0 radical (unpaired) electrons. The molecule has 2 aliphatic heterocycles. The Labute approximate surface area is 210 Å². The second-order valence-electron chi connectivity index (χ2n) is 11.3. The molecule has 2 saturated heterocycles. The van der Waals surface area contributed by atoms with Crippen LogP contribution in [0.15, 0.2) is 42.5 Å². The van der Waals surface area contributed by atoms with Gasteiger partial charge >= 0.3 is 211 Å². The monoisotopic (exact) mass is 538 g/mol. The van der Waals surface area contributed by atoms with Gasteiger partial charge in [0.2, 0.25) is 0 Å². The minimum absolute atomic E-state index is 0.148. The van der Waals surface area contributed by atoms with Crippen LogP contribution in [0.2, 0.25) is 16.6 Å². The van der Waals surface area contributed by atoms with Gasteiger partial charge in [0.1, 0.15) is 0 Å². The van der Waals surface area contributed by atoms with Gasteiger partial charge in [0.15, 0.2) is 0 Å². The zero-order valence-corrected chi connectivity index (χ0v) is 25.0. The van der Waals surface area contributed by atoms with Gasteiger partial charge in [-0.1, -0.05) is 0 Å². The number of rotatable bonds is 10. The van der Waals surface area contributed by atoms with Gasteiger partial charge in [-0.25, -0.2) is 0 Å². The van der Waals surface area contributed by atoms with Crippen molar-refractivity contribution >= 4 is 27.7 Å². The van der Waals surface area contributed by atoms with Crippen LogP contribution >= 0.6 is 0 Å². The third-order valence-corrected chi connectivity index (χ3v) is 17.9. The van der Waals surface area contributed by atoms with Gasteiger partial charge in [0.25, 0.3) is 0 Å². The number of hydrogen-bond donors (Lipinski definition) is 0. The van der Waals surface area contributed by atoms with Crippen LogP contribution in [0.25, 0.3) is 0 Å². The fourth-order valence-corrected chi connectivity index (χ4v) is 15.7.